The lowest BCUT2D eigenvalue weighted by Gasteiger charge is -2.19. The van der Waals surface area contributed by atoms with Crippen molar-refractivity contribution in [2.75, 3.05) is 25.6 Å². The van der Waals surface area contributed by atoms with Crippen LogP contribution in [-0.2, 0) is 9.47 Å². The van der Waals surface area contributed by atoms with Gasteiger partial charge in [0.15, 0.2) is 11.4 Å². The van der Waals surface area contributed by atoms with E-state index in [-0.39, 0.29) is 18.9 Å². The van der Waals surface area contributed by atoms with Crippen molar-refractivity contribution in [1.29, 1.82) is 0 Å². The van der Waals surface area contributed by atoms with E-state index < -0.39 is 17.7 Å². The molecule has 0 unspecified atom stereocenters. The number of amides is 1. The van der Waals surface area contributed by atoms with Gasteiger partial charge in [-0.05, 0) is 45.0 Å². The number of ether oxygens (including phenoxy) is 4. The number of methoxy groups -OCH3 is 1. The zero-order chi connectivity index (χ0) is 20.6. The summed E-state index contributed by atoms with van der Waals surface area (Å²) in [6, 6.07) is 10.2. The van der Waals surface area contributed by atoms with Crippen molar-refractivity contribution in [3.63, 3.8) is 0 Å². The Morgan fingerprint density at radius 3 is 2.54 bits per heavy atom. The van der Waals surface area contributed by atoms with Gasteiger partial charge in [-0.1, -0.05) is 6.07 Å². The van der Waals surface area contributed by atoms with Crippen molar-refractivity contribution >= 4 is 17.7 Å². The minimum Gasteiger partial charge on any atom is -0.490 e. The SMILES string of the molecule is COC(=O)c1ncccc1OCCOc1cccc(NC(=O)OC(C)(C)C)c1. The predicted molar refractivity (Wildman–Crippen MR) is 103 cm³/mol. The van der Waals surface area contributed by atoms with Gasteiger partial charge in [-0.3, -0.25) is 5.32 Å². The zero-order valence-electron chi connectivity index (χ0n) is 16.4. The number of benzene rings is 1. The quantitative estimate of drug-likeness (QED) is 0.571. The van der Waals surface area contributed by atoms with Gasteiger partial charge in [-0.25, -0.2) is 14.6 Å². The Hall–Kier alpha value is -3.29. The summed E-state index contributed by atoms with van der Waals surface area (Å²) in [7, 11) is 1.28. The highest BCUT2D eigenvalue weighted by atomic mass is 16.6. The van der Waals surface area contributed by atoms with E-state index in [0.717, 1.165) is 0 Å². The van der Waals surface area contributed by atoms with Crippen molar-refractivity contribution < 1.29 is 28.5 Å². The zero-order valence-corrected chi connectivity index (χ0v) is 16.4. The average Bonchev–Trinajstić information content (AvgIpc) is 2.63. The molecule has 2 aromatic rings. The van der Waals surface area contributed by atoms with Crippen LogP contribution in [-0.4, -0.2) is 43.0 Å². The van der Waals surface area contributed by atoms with Crippen molar-refractivity contribution in [2.45, 2.75) is 26.4 Å². The maximum atomic E-state index is 11.8. The fraction of sp³-hybridized carbons (Fsp3) is 0.350. The van der Waals surface area contributed by atoms with Crippen LogP contribution >= 0.6 is 0 Å². The van der Waals surface area contributed by atoms with Gasteiger partial charge < -0.3 is 18.9 Å². The van der Waals surface area contributed by atoms with Gasteiger partial charge >= 0.3 is 12.1 Å². The third kappa shape index (κ3) is 6.79. The van der Waals surface area contributed by atoms with Crippen LogP contribution in [0.4, 0.5) is 10.5 Å². The summed E-state index contributed by atoms with van der Waals surface area (Å²) in [5.74, 6) is 0.298. The van der Waals surface area contributed by atoms with E-state index >= 15 is 0 Å². The van der Waals surface area contributed by atoms with Crippen LogP contribution in [0.2, 0.25) is 0 Å². The van der Waals surface area contributed by atoms with Crippen molar-refractivity contribution in [3.05, 3.63) is 48.3 Å². The molecular formula is C20H24N2O6. The summed E-state index contributed by atoms with van der Waals surface area (Å²) >= 11 is 0. The van der Waals surface area contributed by atoms with E-state index in [2.05, 4.69) is 15.0 Å². The lowest BCUT2D eigenvalue weighted by molar-refractivity contribution is 0.0585. The van der Waals surface area contributed by atoms with Crippen LogP contribution in [0.15, 0.2) is 42.6 Å². The minimum absolute atomic E-state index is 0.105. The molecule has 1 heterocycles. The molecule has 8 heteroatoms. The van der Waals surface area contributed by atoms with Gasteiger partial charge in [-0.2, -0.15) is 0 Å². The molecule has 0 saturated heterocycles. The second-order valence-electron chi connectivity index (χ2n) is 6.69. The predicted octanol–water partition coefficient (Wildman–Crippen LogP) is 3.67. The first-order valence-corrected chi connectivity index (χ1v) is 8.67. The molecule has 0 atom stereocenters. The first kappa shape index (κ1) is 21.0. The molecule has 1 amide bonds. The average molecular weight is 388 g/mol. The first-order chi connectivity index (χ1) is 13.3. The van der Waals surface area contributed by atoms with Gasteiger partial charge in [-0.15, -0.1) is 0 Å². The number of esters is 1. The summed E-state index contributed by atoms with van der Waals surface area (Å²) in [5.41, 5.74) is 0.0756. The molecule has 28 heavy (non-hydrogen) atoms. The molecule has 2 rings (SSSR count). The number of carbonyl (C=O) groups is 2. The molecular weight excluding hydrogens is 364 g/mol. The Balaban J connectivity index is 1.86. The number of hydrogen-bond acceptors (Lipinski definition) is 7. The van der Waals surface area contributed by atoms with Gasteiger partial charge in [0.25, 0.3) is 0 Å². The molecule has 1 aromatic heterocycles. The summed E-state index contributed by atoms with van der Waals surface area (Å²) in [5, 5.41) is 2.65. The number of pyridine rings is 1. The van der Waals surface area contributed by atoms with Crippen LogP contribution in [0.3, 0.4) is 0 Å². The summed E-state index contributed by atoms with van der Waals surface area (Å²) in [6.07, 6.45) is 0.943. The smallest absolute Gasteiger partial charge is 0.412 e. The Kier molecular flexibility index (Phi) is 7.20. The number of hydrogen-bond donors (Lipinski definition) is 1. The fourth-order valence-corrected chi connectivity index (χ4v) is 2.15. The highest BCUT2D eigenvalue weighted by Gasteiger charge is 2.16. The summed E-state index contributed by atoms with van der Waals surface area (Å²) in [6.45, 7) is 5.80. The molecule has 1 N–H and O–H groups in total. The van der Waals surface area contributed by atoms with Crippen molar-refractivity contribution in [3.8, 4) is 11.5 Å². The van der Waals surface area contributed by atoms with Crippen LogP contribution in [0.1, 0.15) is 31.3 Å². The van der Waals surface area contributed by atoms with Gasteiger partial charge in [0.2, 0.25) is 0 Å². The molecule has 0 fully saturated rings. The molecule has 0 bridgehead atoms. The van der Waals surface area contributed by atoms with Gasteiger partial charge in [0.1, 0.15) is 24.6 Å². The Bertz CT molecular complexity index is 816. The van der Waals surface area contributed by atoms with Crippen LogP contribution in [0.25, 0.3) is 0 Å². The molecule has 0 aliphatic carbocycles. The fourth-order valence-electron chi connectivity index (χ4n) is 2.15. The topological polar surface area (TPSA) is 96.0 Å². The second kappa shape index (κ2) is 9.59. The number of anilines is 1. The van der Waals surface area contributed by atoms with E-state index in [1.165, 1.54) is 13.3 Å². The second-order valence-corrected chi connectivity index (χ2v) is 6.69. The van der Waals surface area contributed by atoms with E-state index in [0.29, 0.717) is 17.2 Å². The molecule has 0 radical (unpaired) electrons. The molecule has 1 aromatic carbocycles. The van der Waals surface area contributed by atoms with Crippen LogP contribution in [0.5, 0.6) is 11.5 Å². The van der Waals surface area contributed by atoms with E-state index in [1.54, 1.807) is 57.2 Å². The number of nitrogens with zero attached hydrogens (tertiary/aromatic N) is 1. The maximum absolute atomic E-state index is 11.8. The van der Waals surface area contributed by atoms with E-state index in [4.69, 9.17) is 14.2 Å². The number of nitrogens with one attached hydrogen (secondary N) is 1. The molecule has 0 aliphatic heterocycles. The lowest BCUT2D eigenvalue weighted by Crippen LogP contribution is -2.27. The largest absolute Gasteiger partial charge is 0.490 e. The van der Waals surface area contributed by atoms with Crippen molar-refractivity contribution in [2.24, 2.45) is 0 Å². The number of aromatic nitrogens is 1. The lowest BCUT2D eigenvalue weighted by atomic mass is 10.2. The van der Waals surface area contributed by atoms with Gasteiger partial charge in [0.05, 0.1) is 7.11 Å². The number of carbonyl (C=O) groups excluding carboxylic acids is 2. The molecule has 0 saturated carbocycles. The Morgan fingerprint density at radius 2 is 1.82 bits per heavy atom. The summed E-state index contributed by atoms with van der Waals surface area (Å²) in [4.78, 5) is 27.4. The first-order valence-electron chi connectivity index (χ1n) is 8.67. The highest BCUT2D eigenvalue weighted by molar-refractivity contribution is 5.90. The number of rotatable bonds is 7. The summed E-state index contributed by atoms with van der Waals surface area (Å²) < 4.78 is 21.1. The molecule has 0 aliphatic rings. The molecule has 8 nitrogen and oxygen atoms in total. The van der Waals surface area contributed by atoms with Crippen LogP contribution < -0.4 is 14.8 Å². The molecule has 150 valence electrons. The third-order valence-electron chi connectivity index (χ3n) is 3.24. The van der Waals surface area contributed by atoms with E-state index in [1.807, 2.05) is 0 Å². The molecule has 0 spiro atoms. The standard InChI is InChI=1S/C20H24N2O6/c1-20(2,3)28-19(24)22-14-7-5-8-15(13-14)26-11-12-27-16-9-6-10-21-17(16)18(23)25-4/h5-10,13H,11-12H2,1-4H3,(H,22,24). The van der Waals surface area contributed by atoms with Gasteiger partial charge in [0, 0.05) is 18.0 Å². The Labute approximate surface area is 163 Å². The van der Waals surface area contributed by atoms with Crippen LogP contribution in [0, 0.1) is 0 Å². The third-order valence-corrected chi connectivity index (χ3v) is 3.24. The monoisotopic (exact) mass is 388 g/mol. The van der Waals surface area contributed by atoms with Crippen molar-refractivity contribution in [1.82, 2.24) is 4.98 Å². The van der Waals surface area contributed by atoms with E-state index in [9.17, 15) is 9.59 Å². The Morgan fingerprint density at radius 1 is 1.07 bits per heavy atom. The highest BCUT2D eigenvalue weighted by Crippen LogP contribution is 2.19. The normalized spacial score (nSPS) is 10.7. The minimum atomic E-state index is -0.578. The maximum Gasteiger partial charge on any atom is 0.412 e.